The molecule has 0 heterocycles. The van der Waals surface area contributed by atoms with Crippen LogP contribution in [-0.2, 0) is 0 Å². The van der Waals surface area contributed by atoms with Gasteiger partial charge in [0.15, 0.2) is 0 Å². The molecule has 0 radical (unpaired) electrons. The Morgan fingerprint density at radius 2 is 1.71 bits per heavy atom. The molecule has 0 spiro atoms. The van der Waals surface area contributed by atoms with Gasteiger partial charge in [-0.1, -0.05) is 7.43 Å². The van der Waals surface area contributed by atoms with E-state index in [0.29, 0.717) is 0 Å². The van der Waals surface area contributed by atoms with Gasteiger partial charge in [0.2, 0.25) is 0 Å². The molecule has 0 aromatic rings. The molecule has 0 rings (SSSR count). The third-order valence-electron chi connectivity index (χ3n) is 0.441. The van der Waals surface area contributed by atoms with Gasteiger partial charge in [-0.3, -0.25) is 0 Å². The zero-order chi connectivity index (χ0) is 5.15. The van der Waals surface area contributed by atoms with Crippen LogP contribution in [-0.4, -0.2) is 25.0 Å². The molecule has 2 N–H and O–H groups in total. The molecule has 0 unspecified atom stereocenters. The number of nitrogens with two attached hydrogens (primary N) is 1. The lowest BCUT2D eigenvalue weighted by Gasteiger charge is -2.01. The molecule has 0 fully saturated rings. The Morgan fingerprint density at radius 1 is 1.57 bits per heavy atom. The molecule has 7 heavy (non-hydrogen) atoms. The molecule has 0 aliphatic carbocycles. The van der Waals surface area contributed by atoms with Crippen molar-refractivity contribution in [3.05, 3.63) is 0 Å². The van der Waals surface area contributed by atoms with E-state index in [-0.39, 0.29) is 7.43 Å². The summed E-state index contributed by atoms with van der Waals surface area (Å²) >= 11 is 0. The Kier molecular flexibility index (Phi) is 4.72. The van der Waals surface area contributed by atoms with Crippen LogP contribution < -0.4 is 5.73 Å². The minimum Gasteiger partial charge on any atom is -0.352 e. The van der Waals surface area contributed by atoms with Crippen LogP contribution in [0.2, 0.25) is 0 Å². The molecule has 0 bridgehead atoms. The van der Waals surface area contributed by atoms with E-state index in [1.165, 1.54) is 4.90 Å². The van der Waals surface area contributed by atoms with Crippen molar-refractivity contribution in [3.63, 3.8) is 0 Å². The summed E-state index contributed by atoms with van der Waals surface area (Å²) in [6.45, 7) is 0. The zero-order valence-electron chi connectivity index (χ0n) is 3.93. The first-order chi connectivity index (χ1) is 2.64. The van der Waals surface area contributed by atoms with Crippen molar-refractivity contribution in [1.82, 2.24) is 4.90 Å². The lowest BCUT2D eigenvalue weighted by molar-refractivity contribution is 0.227. The van der Waals surface area contributed by atoms with Gasteiger partial charge in [0, 0.05) is 14.1 Å². The highest BCUT2D eigenvalue weighted by Crippen LogP contribution is 1.65. The number of rotatable bonds is 0. The molecular formula is C4H12N2O. The van der Waals surface area contributed by atoms with E-state index < -0.39 is 6.03 Å². The van der Waals surface area contributed by atoms with Gasteiger partial charge in [-0.2, -0.15) is 0 Å². The van der Waals surface area contributed by atoms with Gasteiger partial charge >= 0.3 is 6.03 Å². The Hall–Kier alpha value is -0.730. The number of amides is 2. The summed E-state index contributed by atoms with van der Waals surface area (Å²) in [4.78, 5) is 11.2. The second-order valence-electron chi connectivity index (χ2n) is 1.23. The van der Waals surface area contributed by atoms with Gasteiger partial charge in [-0.15, -0.1) is 0 Å². The maximum atomic E-state index is 9.85. The fraction of sp³-hybridized carbons (Fsp3) is 0.750. The SMILES string of the molecule is C.CN(C)C(N)=O. The van der Waals surface area contributed by atoms with Gasteiger partial charge in [0.05, 0.1) is 0 Å². The van der Waals surface area contributed by atoms with Crippen molar-refractivity contribution in [3.8, 4) is 0 Å². The largest absolute Gasteiger partial charge is 0.352 e. The average molecular weight is 104 g/mol. The Bertz CT molecular complexity index is 60.7. The number of urea groups is 1. The first-order valence-corrected chi connectivity index (χ1v) is 1.61. The highest BCUT2D eigenvalue weighted by atomic mass is 16.2. The van der Waals surface area contributed by atoms with Crippen molar-refractivity contribution in [2.24, 2.45) is 5.73 Å². The summed E-state index contributed by atoms with van der Waals surface area (Å²) in [7, 11) is 3.20. The monoisotopic (exact) mass is 104 g/mol. The average Bonchev–Trinajstić information content (AvgIpc) is 1.36. The standard InChI is InChI=1S/C3H8N2O.CH4/c1-5(2)3(4)6;/h1-2H3,(H2,4,6);1H4. The molecular weight excluding hydrogens is 92.1 g/mol. The van der Waals surface area contributed by atoms with Crippen LogP contribution in [0.25, 0.3) is 0 Å². The first kappa shape index (κ1) is 9.55. The highest BCUT2D eigenvalue weighted by molar-refractivity contribution is 5.71. The zero-order valence-corrected chi connectivity index (χ0v) is 3.93. The van der Waals surface area contributed by atoms with Gasteiger partial charge in [-0.05, 0) is 0 Å². The van der Waals surface area contributed by atoms with Crippen molar-refractivity contribution < 1.29 is 4.79 Å². The van der Waals surface area contributed by atoms with E-state index in [1.807, 2.05) is 0 Å². The number of carbonyl (C=O) groups is 1. The smallest absolute Gasteiger partial charge is 0.314 e. The van der Waals surface area contributed by atoms with E-state index in [4.69, 9.17) is 5.73 Å². The van der Waals surface area contributed by atoms with Crippen LogP contribution in [0.1, 0.15) is 7.43 Å². The van der Waals surface area contributed by atoms with Gasteiger partial charge < -0.3 is 10.6 Å². The maximum absolute atomic E-state index is 9.85. The highest BCUT2D eigenvalue weighted by Gasteiger charge is 1.88. The van der Waals surface area contributed by atoms with Gasteiger partial charge in [-0.25, -0.2) is 4.79 Å². The number of nitrogens with zero attached hydrogens (tertiary/aromatic N) is 1. The number of hydrogen-bond donors (Lipinski definition) is 1. The van der Waals surface area contributed by atoms with Crippen LogP contribution in [0.15, 0.2) is 0 Å². The topological polar surface area (TPSA) is 46.3 Å². The Labute approximate surface area is 44.1 Å². The lowest BCUT2D eigenvalue weighted by atomic mass is 10.9. The Balaban J connectivity index is 0. The summed E-state index contributed by atoms with van der Waals surface area (Å²) in [6.07, 6.45) is 0. The van der Waals surface area contributed by atoms with Crippen LogP contribution in [0.5, 0.6) is 0 Å². The molecule has 0 aliphatic rings. The fourth-order valence-electron chi connectivity index (χ4n) is 0. The number of carbonyl (C=O) groups excluding carboxylic acids is 1. The van der Waals surface area contributed by atoms with Crippen LogP contribution in [0.4, 0.5) is 4.79 Å². The molecule has 0 atom stereocenters. The third kappa shape index (κ3) is 5.27. The summed E-state index contributed by atoms with van der Waals surface area (Å²) < 4.78 is 0. The predicted octanol–water partition coefficient (Wildman–Crippen LogP) is 0.263. The predicted molar refractivity (Wildman–Crippen MR) is 30.0 cm³/mol. The quantitative estimate of drug-likeness (QED) is 0.471. The molecule has 2 amide bonds. The number of hydrogen-bond acceptors (Lipinski definition) is 1. The molecule has 0 saturated heterocycles. The van der Waals surface area contributed by atoms with Crippen molar-refractivity contribution in [2.45, 2.75) is 7.43 Å². The second kappa shape index (κ2) is 3.46. The summed E-state index contributed by atoms with van der Waals surface area (Å²) in [6, 6.07) is -0.407. The van der Waals surface area contributed by atoms with E-state index in [1.54, 1.807) is 14.1 Å². The summed E-state index contributed by atoms with van der Waals surface area (Å²) in [5.41, 5.74) is 4.72. The van der Waals surface area contributed by atoms with Gasteiger partial charge in [0.1, 0.15) is 0 Å². The maximum Gasteiger partial charge on any atom is 0.314 e. The second-order valence-corrected chi connectivity index (χ2v) is 1.23. The minimum absolute atomic E-state index is 0. The molecule has 3 heteroatoms. The number of primary amides is 1. The molecule has 0 aromatic carbocycles. The molecule has 3 nitrogen and oxygen atoms in total. The van der Waals surface area contributed by atoms with Crippen LogP contribution in [0.3, 0.4) is 0 Å². The van der Waals surface area contributed by atoms with Crippen LogP contribution >= 0.6 is 0 Å². The minimum atomic E-state index is -0.407. The third-order valence-corrected chi connectivity index (χ3v) is 0.441. The van der Waals surface area contributed by atoms with Crippen LogP contribution in [0, 0.1) is 0 Å². The summed E-state index contributed by atoms with van der Waals surface area (Å²) in [5, 5.41) is 0. The molecule has 0 aromatic heterocycles. The normalized spacial score (nSPS) is 6.57. The molecule has 0 saturated carbocycles. The first-order valence-electron chi connectivity index (χ1n) is 1.61. The van der Waals surface area contributed by atoms with E-state index in [0.717, 1.165) is 0 Å². The molecule has 44 valence electrons. The van der Waals surface area contributed by atoms with E-state index >= 15 is 0 Å². The van der Waals surface area contributed by atoms with E-state index in [9.17, 15) is 4.79 Å². The van der Waals surface area contributed by atoms with Crippen molar-refractivity contribution in [2.75, 3.05) is 14.1 Å². The lowest BCUT2D eigenvalue weighted by Crippen LogP contribution is -2.27. The van der Waals surface area contributed by atoms with Crippen molar-refractivity contribution in [1.29, 1.82) is 0 Å². The van der Waals surface area contributed by atoms with Gasteiger partial charge in [0.25, 0.3) is 0 Å². The van der Waals surface area contributed by atoms with Crippen molar-refractivity contribution >= 4 is 6.03 Å². The Morgan fingerprint density at radius 3 is 1.71 bits per heavy atom. The molecule has 0 aliphatic heterocycles. The fourth-order valence-corrected chi connectivity index (χ4v) is 0. The summed E-state index contributed by atoms with van der Waals surface area (Å²) in [5.74, 6) is 0. The van der Waals surface area contributed by atoms with E-state index in [2.05, 4.69) is 0 Å².